The van der Waals surface area contributed by atoms with Gasteiger partial charge in [0.2, 0.25) is 0 Å². The Bertz CT molecular complexity index is 387. The van der Waals surface area contributed by atoms with Crippen LogP contribution in [0.2, 0.25) is 0 Å². The fourth-order valence-corrected chi connectivity index (χ4v) is 2.35. The lowest BCUT2D eigenvalue weighted by Gasteiger charge is -2.30. The van der Waals surface area contributed by atoms with Gasteiger partial charge in [0.1, 0.15) is 5.75 Å². The predicted molar refractivity (Wildman–Crippen MR) is 75.5 cm³/mol. The van der Waals surface area contributed by atoms with Crippen molar-refractivity contribution in [3.8, 4) is 5.75 Å². The molecule has 0 aromatic heterocycles. The smallest absolute Gasteiger partial charge is 0.142 e. The molecule has 0 aliphatic carbocycles. The Morgan fingerprint density at radius 2 is 2.00 bits per heavy atom. The molecule has 4 nitrogen and oxygen atoms in total. The van der Waals surface area contributed by atoms with Gasteiger partial charge in [-0.25, -0.2) is 0 Å². The molecule has 1 aliphatic heterocycles. The lowest BCUT2D eigenvalue weighted by Crippen LogP contribution is -2.43. The average Bonchev–Trinajstić information content (AvgIpc) is 2.39. The third-order valence-electron chi connectivity index (χ3n) is 3.20. The van der Waals surface area contributed by atoms with Crippen molar-refractivity contribution >= 4 is 5.69 Å². The van der Waals surface area contributed by atoms with Crippen molar-refractivity contribution in [3.05, 3.63) is 23.8 Å². The van der Waals surface area contributed by atoms with Crippen LogP contribution in [-0.2, 0) is 6.54 Å². The van der Waals surface area contributed by atoms with Crippen LogP contribution in [0.5, 0.6) is 5.75 Å². The van der Waals surface area contributed by atoms with Crippen LogP contribution in [-0.4, -0.2) is 52.3 Å². The van der Waals surface area contributed by atoms with Gasteiger partial charge in [0, 0.05) is 32.7 Å². The molecule has 1 fully saturated rings. The monoisotopic (exact) mass is 249 g/mol. The Labute approximate surface area is 110 Å². The molecule has 0 unspecified atom stereocenters. The quantitative estimate of drug-likeness (QED) is 0.867. The minimum atomic E-state index is 0.943. The number of hydrogen-bond donors (Lipinski definition) is 1. The number of anilines is 1. The summed E-state index contributed by atoms with van der Waals surface area (Å²) in [5.74, 6) is 0.983. The highest BCUT2D eigenvalue weighted by molar-refractivity contribution is 5.60. The first-order valence-corrected chi connectivity index (χ1v) is 6.48. The van der Waals surface area contributed by atoms with Crippen LogP contribution in [0.4, 0.5) is 5.69 Å². The molecule has 1 aromatic carbocycles. The maximum Gasteiger partial charge on any atom is 0.142 e. The zero-order chi connectivity index (χ0) is 13.0. The summed E-state index contributed by atoms with van der Waals surface area (Å²) in [6.07, 6.45) is 0. The second-order valence-electron chi connectivity index (χ2n) is 4.98. The van der Waals surface area contributed by atoms with Gasteiger partial charge in [0.05, 0.1) is 12.8 Å². The van der Waals surface area contributed by atoms with Gasteiger partial charge >= 0.3 is 0 Å². The molecule has 0 spiro atoms. The number of piperazine rings is 1. The molecule has 2 rings (SSSR count). The van der Waals surface area contributed by atoms with Crippen molar-refractivity contribution in [2.45, 2.75) is 6.54 Å². The van der Waals surface area contributed by atoms with Crippen LogP contribution < -0.4 is 15.0 Å². The van der Waals surface area contributed by atoms with Crippen molar-refractivity contribution in [2.75, 3.05) is 52.3 Å². The summed E-state index contributed by atoms with van der Waals surface area (Å²) in [5.41, 5.74) is 2.50. The molecule has 1 aromatic rings. The second-order valence-corrected chi connectivity index (χ2v) is 4.98. The van der Waals surface area contributed by atoms with Gasteiger partial charge in [0.25, 0.3) is 0 Å². The number of nitrogens with one attached hydrogen (secondary N) is 1. The first-order valence-electron chi connectivity index (χ1n) is 6.48. The fraction of sp³-hybridized carbons (Fsp3) is 0.571. The molecule has 0 saturated carbocycles. The maximum absolute atomic E-state index is 5.54. The third-order valence-corrected chi connectivity index (χ3v) is 3.20. The molecule has 1 heterocycles. The summed E-state index contributed by atoms with van der Waals surface area (Å²) >= 11 is 0. The van der Waals surface area contributed by atoms with E-state index in [9.17, 15) is 0 Å². The molecule has 1 aliphatic rings. The van der Waals surface area contributed by atoms with E-state index in [4.69, 9.17) is 4.74 Å². The standard InChI is InChI=1S/C14H23N3O/c1-16(2)11-12-4-5-13(14(10-12)18-3)17-8-6-15-7-9-17/h4-5,10,15H,6-9,11H2,1-3H3. The zero-order valence-corrected chi connectivity index (χ0v) is 11.6. The van der Waals surface area contributed by atoms with Gasteiger partial charge in [-0.15, -0.1) is 0 Å². The SMILES string of the molecule is COc1cc(CN(C)C)ccc1N1CCNCC1. The molecule has 0 atom stereocenters. The molecular weight excluding hydrogens is 226 g/mol. The summed E-state index contributed by atoms with van der Waals surface area (Å²) in [4.78, 5) is 4.55. The zero-order valence-electron chi connectivity index (χ0n) is 11.6. The second kappa shape index (κ2) is 6.07. The normalized spacial score (nSPS) is 16.1. The molecule has 0 bridgehead atoms. The molecule has 0 amide bonds. The number of benzene rings is 1. The van der Waals surface area contributed by atoms with Crippen LogP contribution in [0, 0.1) is 0 Å². The number of nitrogens with zero attached hydrogens (tertiary/aromatic N) is 2. The van der Waals surface area contributed by atoms with Gasteiger partial charge in [-0.2, -0.15) is 0 Å². The van der Waals surface area contributed by atoms with Gasteiger partial charge in [0.15, 0.2) is 0 Å². The van der Waals surface area contributed by atoms with Crippen LogP contribution in [0.15, 0.2) is 18.2 Å². The van der Waals surface area contributed by atoms with E-state index in [-0.39, 0.29) is 0 Å². The number of ether oxygens (including phenoxy) is 1. The van der Waals surface area contributed by atoms with Crippen molar-refractivity contribution in [2.24, 2.45) is 0 Å². The average molecular weight is 249 g/mol. The predicted octanol–water partition coefficient (Wildman–Crippen LogP) is 1.17. The Kier molecular flexibility index (Phi) is 4.44. The lowest BCUT2D eigenvalue weighted by molar-refractivity contribution is 0.395. The number of methoxy groups -OCH3 is 1. The van der Waals surface area contributed by atoms with E-state index < -0.39 is 0 Å². The highest BCUT2D eigenvalue weighted by Crippen LogP contribution is 2.29. The topological polar surface area (TPSA) is 27.7 Å². The lowest BCUT2D eigenvalue weighted by atomic mass is 10.1. The van der Waals surface area contributed by atoms with Crippen molar-refractivity contribution < 1.29 is 4.74 Å². The van der Waals surface area contributed by atoms with E-state index in [0.29, 0.717) is 0 Å². The van der Waals surface area contributed by atoms with Crippen LogP contribution in [0.3, 0.4) is 0 Å². The van der Waals surface area contributed by atoms with Crippen molar-refractivity contribution in [1.29, 1.82) is 0 Å². The summed E-state index contributed by atoms with van der Waals surface area (Å²) in [6.45, 7) is 5.12. The van der Waals surface area contributed by atoms with E-state index in [1.807, 2.05) is 0 Å². The number of hydrogen-bond acceptors (Lipinski definition) is 4. The van der Waals surface area contributed by atoms with Gasteiger partial charge in [-0.05, 0) is 31.8 Å². The molecule has 100 valence electrons. The van der Waals surface area contributed by atoms with E-state index in [1.54, 1.807) is 7.11 Å². The molecule has 0 radical (unpaired) electrons. The Balaban J connectivity index is 2.19. The van der Waals surface area contributed by atoms with Crippen LogP contribution in [0.25, 0.3) is 0 Å². The van der Waals surface area contributed by atoms with Crippen LogP contribution in [0.1, 0.15) is 5.56 Å². The largest absolute Gasteiger partial charge is 0.495 e. The summed E-state index contributed by atoms with van der Waals surface area (Å²) < 4.78 is 5.54. The molecule has 4 heteroatoms. The van der Waals surface area contributed by atoms with Gasteiger partial charge in [-0.3, -0.25) is 0 Å². The summed E-state index contributed by atoms with van der Waals surface area (Å²) in [7, 11) is 5.91. The fourth-order valence-electron chi connectivity index (χ4n) is 2.35. The van der Waals surface area contributed by atoms with Crippen LogP contribution >= 0.6 is 0 Å². The van der Waals surface area contributed by atoms with E-state index in [1.165, 1.54) is 11.3 Å². The molecule has 18 heavy (non-hydrogen) atoms. The highest BCUT2D eigenvalue weighted by Gasteiger charge is 2.15. The van der Waals surface area contributed by atoms with Crippen molar-refractivity contribution in [3.63, 3.8) is 0 Å². The third kappa shape index (κ3) is 3.15. The van der Waals surface area contributed by atoms with Gasteiger partial charge in [-0.1, -0.05) is 6.07 Å². The van der Waals surface area contributed by atoms with E-state index in [0.717, 1.165) is 38.5 Å². The van der Waals surface area contributed by atoms with E-state index >= 15 is 0 Å². The first kappa shape index (κ1) is 13.2. The highest BCUT2D eigenvalue weighted by atomic mass is 16.5. The first-order chi connectivity index (χ1) is 8.70. The Morgan fingerprint density at radius 1 is 1.28 bits per heavy atom. The Morgan fingerprint density at radius 3 is 2.61 bits per heavy atom. The van der Waals surface area contributed by atoms with E-state index in [2.05, 4.69) is 47.4 Å². The summed E-state index contributed by atoms with van der Waals surface area (Å²) in [5, 5.41) is 3.37. The maximum atomic E-state index is 5.54. The minimum absolute atomic E-state index is 0.943. The van der Waals surface area contributed by atoms with Gasteiger partial charge < -0.3 is 19.9 Å². The Hall–Kier alpha value is -1.26. The summed E-state index contributed by atoms with van der Waals surface area (Å²) in [6, 6.07) is 6.53. The number of rotatable bonds is 4. The molecule has 1 saturated heterocycles. The molecular formula is C14H23N3O. The molecule has 1 N–H and O–H groups in total. The minimum Gasteiger partial charge on any atom is -0.495 e. The van der Waals surface area contributed by atoms with Crippen molar-refractivity contribution in [1.82, 2.24) is 10.2 Å².